The first kappa shape index (κ1) is 19.2. The number of nitrogens with one attached hydrogen (secondary N) is 1. The van der Waals surface area contributed by atoms with Gasteiger partial charge in [-0.2, -0.15) is 0 Å². The van der Waals surface area contributed by atoms with Crippen molar-refractivity contribution in [3.63, 3.8) is 0 Å². The van der Waals surface area contributed by atoms with Gasteiger partial charge in [-0.15, -0.1) is 0 Å². The fraction of sp³-hybridized carbons (Fsp3) is 0.682. The van der Waals surface area contributed by atoms with Crippen molar-refractivity contribution < 1.29 is 4.79 Å². The number of amides is 2. The number of hydrogen-bond acceptors (Lipinski definition) is 2. The van der Waals surface area contributed by atoms with E-state index in [-0.39, 0.29) is 6.03 Å². The van der Waals surface area contributed by atoms with E-state index < -0.39 is 0 Å². The van der Waals surface area contributed by atoms with E-state index in [2.05, 4.69) is 37.1 Å². The van der Waals surface area contributed by atoms with Crippen molar-refractivity contribution in [1.29, 1.82) is 0 Å². The van der Waals surface area contributed by atoms with Gasteiger partial charge in [0.1, 0.15) is 0 Å². The number of para-hydroxylation sites is 1. The molecule has 0 radical (unpaired) electrons. The van der Waals surface area contributed by atoms with Gasteiger partial charge in [0.25, 0.3) is 0 Å². The number of hydrogen-bond donors (Lipinski definition) is 1. The molecule has 3 rings (SSSR count). The molecular weight excluding hydrogens is 322 g/mol. The Kier molecular flexibility index (Phi) is 6.58. The number of benzene rings is 1. The predicted octanol–water partition coefficient (Wildman–Crippen LogP) is 4.47. The minimum Gasteiger partial charge on any atom is -0.325 e. The van der Waals surface area contributed by atoms with Crippen molar-refractivity contribution in [2.45, 2.75) is 46.5 Å². The van der Waals surface area contributed by atoms with Crippen LogP contribution >= 0.6 is 0 Å². The first-order valence-corrected chi connectivity index (χ1v) is 10.4. The van der Waals surface area contributed by atoms with Crippen LogP contribution in [0.2, 0.25) is 0 Å². The molecule has 1 aromatic carbocycles. The molecule has 4 nitrogen and oxygen atoms in total. The van der Waals surface area contributed by atoms with E-state index in [1.807, 2.05) is 23.1 Å². The number of aryl methyl sites for hydroxylation is 1. The highest BCUT2D eigenvalue weighted by Gasteiger charge is 2.27. The second kappa shape index (κ2) is 8.90. The quantitative estimate of drug-likeness (QED) is 0.863. The predicted molar refractivity (Wildman–Crippen MR) is 109 cm³/mol. The number of likely N-dealkylation sites (tertiary alicyclic amines) is 2. The van der Waals surface area contributed by atoms with Gasteiger partial charge in [0.2, 0.25) is 0 Å². The van der Waals surface area contributed by atoms with Crippen LogP contribution in [-0.2, 0) is 6.42 Å². The zero-order valence-electron chi connectivity index (χ0n) is 16.7. The van der Waals surface area contributed by atoms with Gasteiger partial charge in [-0.05, 0) is 55.1 Å². The van der Waals surface area contributed by atoms with Gasteiger partial charge in [-0.1, -0.05) is 39.0 Å². The molecule has 2 aliphatic rings. The van der Waals surface area contributed by atoms with E-state index >= 15 is 0 Å². The summed E-state index contributed by atoms with van der Waals surface area (Å²) in [5.41, 5.74) is 2.16. The summed E-state index contributed by atoms with van der Waals surface area (Å²) >= 11 is 0. The molecule has 4 heteroatoms. The number of carbonyl (C=O) groups is 1. The summed E-state index contributed by atoms with van der Waals surface area (Å²) in [5, 5.41) is 3.12. The molecule has 2 aliphatic heterocycles. The van der Waals surface area contributed by atoms with Crippen molar-refractivity contribution in [1.82, 2.24) is 9.80 Å². The highest BCUT2D eigenvalue weighted by molar-refractivity contribution is 5.90. The van der Waals surface area contributed by atoms with Gasteiger partial charge in [0, 0.05) is 38.4 Å². The zero-order valence-corrected chi connectivity index (χ0v) is 16.7. The highest BCUT2D eigenvalue weighted by atomic mass is 16.2. The Morgan fingerprint density at radius 2 is 1.77 bits per heavy atom. The number of piperidine rings is 2. The Morgan fingerprint density at radius 3 is 2.42 bits per heavy atom. The number of urea groups is 1. The Balaban J connectivity index is 1.46. The lowest BCUT2D eigenvalue weighted by molar-refractivity contribution is 0.101. The molecule has 2 fully saturated rings. The summed E-state index contributed by atoms with van der Waals surface area (Å²) in [4.78, 5) is 17.3. The summed E-state index contributed by atoms with van der Waals surface area (Å²) in [5.74, 6) is 2.38. The van der Waals surface area contributed by atoms with Crippen molar-refractivity contribution in [3.05, 3.63) is 29.8 Å². The van der Waals surface area contributed by atoms with E-state index in [4.69, 9.17) is 0 Å². The third kappa shape index (κ3) is 5.00. The third-order valence-corrected chi connectivity index (χ3v) is 6.00. The van der Waals surface area contributed by atoms with Crippen molar-refractivity contribution in [3.8, 4) is 0 Å². The number of carbonyl (C=O) groups excluding carboxylic acids is 1. The fourth-order valence-electron chi connectivity index (χ4n) is 4.77. The van der Waals surface area contributed by atoms with Crippen LogP contribution in [0.15, 0.2) is 24.3 Å². The van der Waals surface area contributed by atoms with Crippen LogP contribution in [0.5, 0.6) is 0 Å². The molecule has 0 aromatic heterocycles. The van der Waals surface area contributed by atoms with E-state index in [0.717, 1.165) is 55.8 Å². The molecule has 0 saturated carbocycles. The van der Waals surface area contributed by atoms with Crippen LogP contribution in [-0.4, -0.2) is 48.6 Å². The zero-order chi connectivity index (χ0) is 18.5. The Labute approximate surface area is 158 Å². The maximum Gasteiger partial charge on any atom is 0.321 e. The van der Waals surface area contributed by atoms with Gasteiger partial charge in [0.15, 0.2) is 0 Å². The molecule has 2 amide bonds. The average molecular weight is 358 g/mol. The lowest BCUT2D eigenvalue weighted by Gasteiger charge is -2.39. The van der Waals surface area contributed by atoms with Gasteiger partial charge in [-0.25, -0.2) is 4.79 Å². The van der Waals surface area contributed by atoms with Crippen LogP contribution in [0.4, 0.5) is 10.5 Å². The van der Waals surface area contributed by atoms with Gasteiger partial charge >= 0.3 is 6.03 Å². The van der Waals surface area contributed by atoms with Gasteiger partial charge in [0.05, 0.1) is 0 Å². The van der Waals surface area contributed by atoms with Crippen LogP contribution < -0.4 is 5.32 Å². The van der Waals surface area contributed by atoms with E-state index in [1.54, 1.807) is 0 Å². The molecule has 2 heterocycles. The molecule has 1 aromatic rings. The molecule has 0 aliphatic carbocycles. The molecule has 2 atom stereocenters. The summed E-state index contributed by atoms with van der Waals surface area (Å²) in [6.07, 6.45) is 4.56. The van der Waals surface area contributed by atoms with E-state index in [9.17, 15) is 4.79 Å². The van der Waals surface area contributed by atoms with Gasteiger partial charge < -0.3 is 15.1 Å². The largest absolute Gasteiger partial charge is 0.325 e. The number of nitrogens with zero attached hydrogens (tertiary/aromatic N) is 2. The smallest absolute Gasteiger partial charge is 0.321 e. The lowest BCUT2D eigenvalue weighted by Crippen LogP contribution is -2.46. The van der Waals surface area contributed by atoms with Gasteiger partial charge in [-0.3, -0.25) is 0 Å². The number of rotatable bonds is 4. The summed E-state index contributed by atoms with van der Waals surface area (Å²) in [7, 11) is 0. The molecule has 26 heavy (non-hydrogen) atoms. The monoisotopic (exact) mass is 357 g/mol. The maximum atomic E-state index is 12.6. The Bertz CT molecular complexity index is 585. The van der Waals surface area contributed by atoms with Crippen LogP contribution in [0, 0.1) is 17.8 Å². The molecule has 0 spiro atoms. The van der Waals surface area contributed by atoms with Crippen LogP contribution in [0.25, 0.3) is 0 Å². The highest BCUT2D eigenvalue weighted by Crippen LogP contribution is 2.25. The standard InChI is InChI=1S/C22H35N3O/c1-4-20-7-5-6-8-21(20)23-22(26)25-11-9-19(10-12-25)16-24-14-17(2)13-18(3)15-24/h5-8,17-19H,4,9-16H2,1-3H3,(H,23,26)/t17-,18-/m1/s1. The second-order valence-electron chi connectivity index (χ2n) is 8.54. The molecular formula is C22H35N3O. The number of anilines is 1. The molecule has 0 bridgehead atoms. The molecule has 144 valence electrons. The van der Waals surface area contributed by atoms with Crippen LogP contribution in [0.1, 0.15) is 45.6 Å². The van der Waals surface area contributed by atoms with E-state index in [1.165, 1.54) is 31.6 Å². The molecule has 1 N–H and O–H groups in total. The SMILES string of the molecule is CCc1ccccc1NC(=O)N1CCC(CN2C[C@H](C)C[C@@H](C)C2)CC1. The average Bonchev–Trinajstić information content (AvgIpc) is 2.62. The Morgan fingerprint density at radius 1 is 1.12 bits per heavy atom. The van der Waals surface area contributed by atoms with Crippen molar-refractivity contribution in [2.24, 2.45) is 17.8 Å². The third-order valence-electron chi connectivity index (χ3n) is 6.00. The summed E-state index contributed by atoms with van der Waals surface area (Å²) < 4.78 is 0. The normalized spacial score (nSPS) is 25.3. The van der Waals surface area contributed by atoms with E-state index in [0.29, 0.717) is 0 Å². The topological polar surface area (TPSA) is 35.6 Å². The minimum atomic E-state index is 0.0598. The Hall–Kier alpha value is -1.55. The first-order valence-electron chi connectivity index (χ1n) is 10.4. The summed E-state index contributed by atoms with van der Waals surface area (Å²) in [6, 6.07) is 8.17. The lowest BCUT2D eigenvalue weighted by atomic mass is 9.89. The fourth-order valence-corrected chi connectivity index (χ4v) is 4.77. The van der Waals surface area contributed by atoms with Crippen LogP contribution in [0.3, 0.4) is 0 Å². The van der Waals surface area contributed by atoms with Crippen molar-refractivity contribution >= 4 is 11.7 Å². The van der Waals surface area contributed by atoms with Crippen molar-refractivity contribution in [2.75, 3.05) is 38.0 Å². The maximum absolute atomic E-state index is 12.6. The second-order valence-corrected chi connectivity index (χ2v) is 8.54. The molecule has 0 unspecified atom stereocenters. The summed E-state index contributed by atoms with van der Waals surface area (Å²) in [6.45, 7) is 12.3. The minimum absolute atomic E-state index is 0.0598. The first-order chi connectivity index (χ1) is 12.5. The molecule has 2 saturated heterocycles.